The van der Waals surface area contributed by atoms with Crippen LogP contribution in [0.1, 0.15) is 24.9 Å². The topological polar surface area (TPSA) is 84.0 Å². The van der Waals surface area contributed by atoms with Crippen LogP contribution in [0.15, 0.2) is 34.1 Å². The quantitative estimate of drug-likeness (QED) is 0.363. The Balaban J connectivity index is 1.51. The fraction of sp³-hybridized carbons (Fsp3) is 0.650. The Labute approximate surface area is 172 Å². The van der Waals surface area contributed by atoms with Gasteiger partial charge in [0.15, 0.2) is 5.96 Å². The SMILES string of the molecule is CCc1nncn1CCNC(=NCCCN1CCOCC1)N(C)Cc1ccco1. The Morgan fingerprint density at radius 1 is 1.31 bits per heavy atom. The summed E-state index contributed by atoms with van der Waals surface area (Å²) in [5.74, 6) is 2.80. The van der Waals surface area contributed by atoms with Crippen LogP contribution in [0.2, 0.25) is 0 Å². The van der Waals surface area contributed by atoms with E-state index in [1.165, 1.54) is 0 Å². The van der Waals surface area contributed by atoms with E-state index in [0.29, 0.717) is 6.54 Å². The van der Waals surface area contributed by atoms with Crippen molar-refractivity contribution in [1.29, 1.82) is 0 Å². The average Bonchev–Trinajstić information content (AvgIpc) is 3.42. The van der Waals surface area contributed by atoms with Crippen LogP contribution >= 0.6 is 0 Å². The molecule has 3 heterocycles. The van der Waals surface area contributed by atoms with Gasteiger partial charge in [-0.1, -0.05) is 6.92 Å². The number of guanidine groups is 1. The second-order valence-corrected chi connectivity index (χ2v) is 7.17. The first-order valence-electron chi connectivity index (χ1n) is 10.4. The number of nitrogens with one attached hydrogen (secondary N) is 1. The van der Waals surface area contributed by atoms with Gasteiger partial charge in [-0.05, 0) is 18.6 Å². The molecule has 0 radical (unpaired) electrons. The van der Waals surface area contributed by atoms with Crippen molar-refractivity contribution in [1.82, 2.24) is 29.9 Å². The molecule has 9 heteroatoms. The van der Waals surface area contributed by atoms with Crippen molar-refractivity contribution in [3.63, 3.8) is 0 Å². The summed E-state index contributed by atoms with van der Waals surface area (Å²) < 4.78 is 13.0. The molecule has 1 fully saturated rings. The first-order chi connectivity index (χ1) is 14.3. The van der Waals surface area contributed by atoms with E-state index >= 15 is 0 Å². The third kappa shape index (κ3) is 6.86. The van der Waals surface area contributed by atoms with Gasteiger partial charge in [0.1, 0.15) is 17.9 Å². The van der Waals surface area contributed by atoms with E-state index in [1.807, 2.05) is 19.2 Å². The first kappa shape index (κ1) is 21.3. The second-order valence-electron chi connectivity index (χ2n) is 7.17. The number of nitrogens with zero attached hydrogens (tertiary/aromatic N) is 6. The lowest BCUT2D eigenvalue weighted by molar-refractivity contribution is 0.0377. The Kier molecular flexibility index (Phi) is 8.51. The zero-order chi connectivity index (χ0) is 20.3. The Morgan fingerprint density at radius 2 is 2.17 bits per heavy atom. The smallest absolute Gasteiger partial charge is 0.194 e. The molecule has 1 aliphatic rings. The molecule has 0 unspecified atom stereocenters. The minimum Gasteiger partial charge on any atom is -0.467 e. The molecule has 1 saturated heterocycles. The predicted molar refractivity (Wildman–Crippen MR) is 112 cm³/mol. The van der Waals surface area contributed by atoms with Crippen molar-refractivity contribution in [3.05, 3.63) is 36.3 Å². The zero-order valence-corrected chi connectivity index (χ0v) is 17.6. The van der Waals surface area contributed by atoms with Gasteiger partial charge < -0.3 is 23.9 Å². The summed E-state index contributed by atoms with van der Waals surface area (Å²) in [4.78, 5) is 9.38. The lowest BCUT2D eigenvalue weighted by Crippen LogP contribution is -2.40. The minimum absolute atomic E-state index is 0.676. The Morgan fingerprint density at radius 3 is 2.93 bits per heavy atom. The maximum atomic E-state index is 5.49. The number of aromatic nitrogens is 3. The monoisotopic (exact) mass is 403 g/mol. The molecule has 1 aliphatic heterocycles. The lowest BCUT2D eigenvalue weighted by atomic mass is 10.3. The molecule has 9 nitrogen and oxygen atoms in total. The number of aryl methyl sites for hydroxylation is 1. The van der Waals surface area contributed by atoms with Gasteiger partial charge in [0.05, 0.1) is 26.0 Å². The van der Waals surface area contributed by atoms with E-state index in [2.05, 4.69) is 36.8 Å². The van der Waals surface area contributed by atoms with Crippen LogP contribution < -0.4 is 5.32 Å². The van der Waals surface area contributed by atoms with Crippen LogP contribution in [-0.2, 0) is 24.2 Å². The third-order valence-electron chi connectivity index (χ3n) is 4.98. The van der Waals surface area contributed by atoms with Crippen molar-refractivity contribution >= 4 is 5.96 Å². The fourth-order valence-electron chi connectivity index (χ4n) is 3.35. The maximum Gasteiger partial charge on any atom is 0.194 e. The zero-order valence-electron chi connectivity index (χ0n) is 17.6. The number of ether oxygens (including phenoxy) is 1. The maximum absolute atomic E-state index is 5.49. The summed E-state index contributed by atoms with van der Waals surface area (Å²) in [7, 11) is 2.03. The minimum atomic E-state index is 0.676. The van der Waals surface area contributed by atoms with Crippen LogP contribution in [0, 0.1) is 0 Å². The van der Waals surface area contributed by atoms with E-state index in [-0.39, 0.29) is 0 Å². The second kappa shape index (κ2) is 11.6. The summed E-state index contributed by atoms with van der Waals surface area (Å²) in [6.45, 7) is 9.89. The molecule has 2 aromatic rings. The molecule has 0 bridgehead atoms. The van der Waals surface area contributed by atoms with Crippen molar-refractivity contribution < 1.29 is 9.15 Å². The average molecular weight is 404 g/mol. The normalized spacial score (nSPS) is 15.6. The number of hydrogen-bond acceptors (Lipinski definition) is 6. The molecular weight excluding hydrogens is 370 g/mol. The number of hydrogen-bond donors (Lipinski definition) is 1. The van der Waals surface area contributed by atoms with Crippen LogP contribution in [0.25, 0.3) is 0 Å². The van der Waals surface area contributed by atoms with E-state index in [1.54, 1.807) is 12.6 Å². The summed E-state index contributed by atoms with van der Waals surface area (Å²) in [6, 6.07) is 3.89. The highest BCUT2D eigenvalue weighted by atomic mass is 16.5. The molecule has 0 aliphatic carbocycles. The van der Waals surface area contributed by atoms with Crippen molar-refractivity contribution in [3.8, 4) is 0 Å². The van der Waals surface area contributed by atoms with Gasteiger partial charge >= 0.3 is 0 Å². The highest BCUT2D eigenvalue weighted by Gasteiger charge is 2.11. The van der Waals surface area contributed by atoms with Crippen LogP contribution in [0.5, 0.6) is 0 Å². The molecule has 0 saturated carbocycles. The Hall–Kier alpha value is -2.39. The molecule has 1 N–H and O–H groups in total. The third-order valence-corrected chi connectivity index (χ3v) is 4.98. The largest absolute Gasteiger partial charge is 0.467 e. The number of morpholine rings is 1. The fourth-order valence-corrected chi connectivity index (χ4v) is 3.35. The van der Waals surface area contributed by atoms with Crippen molar-refractivity contribution in [2.75, 3.05) is 53.0 Å². The highest BCUT2D eigenvalue weighted by Crippen LogP contribution is 2.05. The molecule has 3 rings (SSSR count). The number of aliphatic imine (C=N–C) groups is 1. The van der Waals surface area contributed by atoms with E-state index in [0.717, 1.165) is 82.9 Å². The standard InChI is InChI=1S/C20H33N7O2/c1-3-19-24-23-17-27(19)10-8-22-20(25(2)16-18-6-4-13-29-18)21-7-5-9-26-11-14-28-15-12-26/h4,6,13,17H,3,5,7-12,14-16H2,1-2H3,(H,21,22). The van der Waals surface area contributed by atoms with E-state index in [4.69, 9.17) is 14.1 Å². The van der Waals surface area contributed by atoms with Gasteiger partial charge in [-0.2, -0.15) is 0 Å². The molecular formula is C20H33N7O2. The summed E-state index contributed by atoms with van der Waals surface area (Å²) in [5, 5.41) is 11.6. The van der Waals surface area contributed by atoms with Crippen molar-refractivity contribution in [2.45, 2.75) is 32.9 Å². The molecule has 29 heavy (non-hydrogen) atoms. The Bertz CT molecular complexity index is 723. The molecule has 160 valence electrons. The molecule has 0 spiro atoms. The van der Waals surface area contributed by atoms with Crippen molar-refractivity contribution in [2.24, 2.45) is 4.99 Å². The first-order valence-corrected chi connectivity index (χ1v) is 10.4. The van der Waals surface area contributed by atoms with Gasteiger partial charge in [0.25, 0.3) is 0 Å². The molecule has 0 aromatic carbocycles. The number of rotatable bonds is 10. The summed E-state index contributed by atoms with van der Waals surface area (Å²) in [5.41, 5.74) is 0. The van der Waals surface area contributed by atoms with Crippen LogP contribution in [-0.4, -0.2) is 83.5 Å². The lowest BCUT2D eigenvalue weighted by Gasteiger charge is -2.26. The van der Waals surface area contributed by atoms with E-state index in [9.17, 15) is 0 Å². The molecule has 0 atom stereocenters. The molecule has 0 amide bonds. The van der Waals surface area contributed by atoms with Gasteiger partial charge in [0, 0.05) is 52.7 Å². The summed E-state index contributed by atoms with van der Waals surface area (Å²) >= 11 is 0. The van der Waals surface area contributed by atoms with Gasteiger partial charge in [-0.15, -0.1) is 10.2 Å². The molecule has 2 aromatic heterocycles. The summed E-state index contributed by atoms with van der Waals surface area (Å²) in [6.07, 6.45) is 5.40. The van der Waals surface area contributed by atoms with Gasteiger partial charge in [-0.3, -0.25) is 9.89 Å². The van der Waals surface area contributed by atoms with Crippen LogP contribution in [0.4, 0.5) is 0 Å². The number of furan rings is 1. The van der Waals surface area contributed by atoms with Crippen LogP contribution in [0.3, 0.4) is 0 Å². The van der Waals surface area contributed by atoms with Gasteiger partial charge in [-0.25, -0.2) is 0 Å². The van der Waals surface area contributed by atoms with E-state index < -0.39 is 0 Å². The highest BCUT2D eigenvalue weighted by molar-refractivity contribution is 5.79. The van der Waals surface area contributed by atoms with Gasteiger partial charge in [0.2, 0.25) is 0 Å². The predicted octanol–water partition coefficient (Wildman–Crippen LogP) is 1.23.